The van der Waals surface area contributed by atoms with Gasteiger partial charge in [0.25, 0.3) is 0 Å². The van der Waals surface area contributed by atoms with E-state index in [0.717, 1.165) is 4.47 Å². The van der Waals surface area contributed by atoms with E-state index in [0.29, 0.717) is 10.2 Å². The molecule has 2 aromatic rings. The minimum Gasteiger partial charge on any atom is -0.370 e. The summed E-state index contributed by atoms with van der Waals surface area (Å²) in [4.78, 5) is 11.6. The standard InChI is InChI=1S/C14H11Br2FN2O/c15-8-1-4-10(5-2-8)19-13(14(18)20)11-6-3-9(16)7-12(11)17/h1-7,13,19H,(H2,18,20). The molecule has 0 bridgehead atoms. The van der Waals surface area contributed by atoms with Gasteiger partial charge in [-0.05, 0) is 36.4 Å². The second kappa shape index (κ2) is 6.37. The van der Waals surface area contributed by atoms with Crippen LogP contribution in [0, 0.1) is 5.82 Å². The lowest BCUT2D eigenvalue weighted by atomic mass is 10.1. The van der Waals surface area contributed by atoms with Crippen molar-refractivity contribution in [3.63, 3.8) is 0 Å². The number of nitrogens with two attached hydrogens (primary N) is 1. The van der Waals surface area contributed by atoms with E-state index in [9.17, 15) is 9.18 Å². The summed E-state index contributed by atoms with van der Waals surface area (Å²) in [6.07, 6.45) is 0. The monoisotopic (exact) mass is 400 g/mol. The summed E-state index contributed by atoms with van der Waals surface area (Å²) < 4.78 is 15.5. The van der Waals surface area contributed by atoms with Gasteiger partial charge in [0, 0.05) is 20.2 Å². The maximum absolute atomic E-state index is 13.9. The molecule has 0 aromatic heterocycles. The maximum Gasteiger partial charge on any atom is 0.244 e. The van der Waals surface area contributed by atoms with Gasteiger partial charge in [0.15, 0.2) is 0 Å². The summed E-state index contributed by atoms with van der Waals surface area (Å²) in [5.41, 5.74) is 6.26. The van der Waals surface area contributed by atoms with Gasteiger partial charge >= 0.3 is 0 Å². The van der Waals surface area contributed by atoms with Crippen LogP contribution in [0.25, 0.3) is 0 Å². The summed E-state index contributed by atoms with van der Waals surface area (Å²) >= 11 is 6.50. The Kier molecular flexibility index (Phi) is 4.77. The molecule has 0 heterocycles. The molecule has 0 radical (unpaired) electrons. The van der Waals surface area contributed by atoms with Crippen LogP contribution in [0.4, 0.5) is 10.1 Å². The van der Waals surface area contributed by atoms with Crippen LogP contribution in [0.15, 0.2) is 51.4 Å². The predicted molar refractivity (Wildman–Crippen MR) is 83.8 cm³/mol. The van der Waals surface area contributed by atoms with Crippen molar-refractivity contribution in [2.45, 2.75) is 6.04 Å². The Morgan fingerprint density at radius 1 is 1.10 bits per heavy atom. The van der Waals surface area contributed by atoms with E-state index in [2.05, 4.69) is 37.2 Å². The Morgan fingerprint density at radius 2 is 1.70 bits per heavy atom. The number of amides is 1. The molecule has 20 heavy (non-hydrogen) atoms. The number of halogens is 3. The van der Waals surface area contributed by atoms with E-state index < -0.39 is 17.8 Å². The lowest BCUT2D eigenvalue weighted by molar-refractivity contribution is -0.118. The van der Waals surface area contributed by atoms with E-state index in [1.807, 2.05) is 12.1 Å². The molecule has 3 N–H and O–H groups in total. The molecule has 6 heteroatoms. The topological polar surface area (TPSA) is 55.1 Å². The molecule has 0 aliphatic carbocycles. The molecule has 0 saturated heterocycles. The van der Waals surface area contributed by atoms with Gasteiger partial charge in [0.1, 0.15) is 11.9 Å². The highest BCUT2D eigenvalue weighted by Crippen LogP contribution is 2.25. The Morgan fingerprint density at radius 3 is 2.25 bits per heavy atom. The number of rotatable bonds is 4. The van der Waals surface area contributed by atoms with Crippen LogP contribution in [0.2, 0.25) is 0 Å². The summed E-state index contributed by atoms with van der Waals surface area (Å²) in [6, 6.07) is 10.8. The van der Waals surface area contributed by atoms with Crippen molar-refractivity contribution in [1.82, 2.24) is 0 Å². The van der Waals surface area contributed by atoms with Crippen LogP contribution in [-0.4, -0.2) is 5.91 Å². The molecule has 0 saturated carbocycles. The number of anilines is 1. The first-order chi connectivity index (χ1) is 9.47. The smallest absolute Gasteiger partial charge is 0.244 e. The minimum atomic E-state index is -0.927. The van der Waals surface area contributed by atoms with Gasteiger partial charge in [-0.25, -0.2) is 4.39 Å². The highest BCUT2D eigenvalue weighted by molar-refractivity contribution is 9.10. The number of primary amides is 1. The van der Waals surface area contributed by atoms with Crippen molar-refractivity contribution in [1.29, 1.82) is 0 Å². The van der Waals surface area contributed by atoms with Crippen molar-refractivity contribution in [2.75, 3.05) is 5.32 Å². The van der Waals surface area contributed by atoms with Crippen LogP contribution in [0.1, 0.15) is 11.6 Å². The average molecular weight is 402 g/mol. The van der Waals surface area contributed by atoms with E-state index in [1.165, 1.54) is 12.1 Å². The van der Waals surface area contributed by atoms with Gasteiger partial charge in [0.2, 0.25) is 5.91 Å². The molecule has 2 aromatic carbocycles. The highest BCUT2D eigenvalue weighted by atomic mass is 79.9. The molecule has 104 valence electrons. The van der Waals surface area contributed by atoms with Gasteiger partial charge in [-0.3, -0.25) is 4.79 Å². The third kappa shape index (κ3) is 3.58. The van der Waals surface area contributed by atoms with E-state index >= 15 is 0 Å². The molecule has 1 amide bonds. The fraction of sp³-hybridized carbons (Fsp3) is 0.0714. The van der Waals surface area contributed by atoms with Crippen molar-refractivity contribution in [2.24, 2.45) is 5.73 Å². The number of carbonyl (C=O) groups is 1. The first-order valence-corrected chi connectivity index (χ1v) is 7.32. The number of hydrogen-bond donors (Lipinski definition) is 2. The largest absolute Gasteiger partial charge is 0.370 e. The van der Waals surface area contributed by atoms with Gasteiger partial charge < -0.3 is 11.1 Å². The number of benzene rings is 2. The molecule has 1 unspecified atom stereocenters. The molecule has 1 atom stereocenters. The second-order valence-corrected chi connectivity index (χ2v) is 5.98. The molecule has 0 fully saturated rings. The Bertz CT molecular complexity index is 632. The predicted octanol–water partition coefficient (Wildman–Crippen LogP) is 3.99. The fourth-order valence-electron chi connectivity index (χ4n) is 1.75. The normalized spacial score (nSPS) is 11.9. The Balaban J connectivity index is 2.31. The van der Waals surface area contributed by atoms with Gasteiger partial charge in [-0.1, -0.05) is 37.9 Å². The van der Waals surface area contributed by atoms with Gasteiger partial charge in [-0.2, -0.15) is 0 Å². The van der Waals surface area contributed by atoms with Crippen molar-refractivity contribution in [3.05, 3.63) is 62.8 Å². The SMILES string of the molecule is NC(=O)C(Nc1ccc(Br)cc1)c1ccc(Br)cc1F. The van der Waals surface area contributed by atoms with Crippen LogP contribution in [0.5, 0.6) is 0 Å². The number of nitrogens with one attached hydrogen (secondary N) is 1. The molecule has 0 aliphatic heterocycles. The lowest BCUT2D eigenvalue weighted by Crippen LogP contribution is -2.28. The molecule has 2 rings (SSSR count). The molecular weight excluding hydrogens is 391 g/mol. The quantitative estimate of drug-likeness (QED) is 0.813. The van der Waals surface area contributed by atoms with E-state index in [-0.39, 0.29) is 5.56 Å². The minimum absolute atomic E-state index is 0.212. The molecule has 3 nitrogen and oxygen atoms in total. The average Bonchev–Trinajstić information content (AvgIpc) is 2.39. The highest BCUT2D eigenvalue weighted by Gasteiger charge is 2.21. The van der Waals surface area contributed by atoms with Crippen molar-refractivity contribution < 1.29 is 9.18 Å². The van der Waals surface area contributed by atoms with Crippen LogP contribution in [0.3, 0.4) is 0 Å². The molecule has 0 spiro atoms. The summed E-state index contributed by atoms with van der Waals surface area (Å²) in [6.45, 7) is 0. The zero-order chi connectivity index (χ0) is 14.7. The first-order valence-electron chi connectivity index (χ1n) is 5.74. The van der Waals surface area contributed by atoms with E-state index in [1.54, 1.807) is 18.2 Å². The zero-order valence-corrected chi connectivity index (χ0v) is 13.4. The second-order valence-electron chi connectivity index (χ2n) is 4.15. The number of hydrogen-bond acceptors (Lipinski definition) is 2. The fourth-order valence-corrected chi connectivity index (χ4v) is 2.35. The van der Waals surface area contributed by atoms with Gasteiger partial charge in [0.05, 0.1) is 0 Å². The van der Waals surface area contributed by atoms with E-state index in [4.69, 9.17) is 5.73 Å². The third-order valence-electron chi connectivity index (χ3n) is 2.71. The maximum atomic E-state index is 13.9. The van der Waals surface area contributed by atoms with Crippen molar-refractivity contribution >= 4 is 43.5 Å². The van der Waals surface area contributed by atoms with Crippen LogP contribution >= 0.6 is 31.9 Å². The molecule has 0 aliphatic rings. The Hall–Kier alpha value is -1.40. The van der Waals surface area contributed by atoms with Crippen LogP contribution < -0.4 is 11.1 Å². The third-order valence-corrected chi connectivity index (χ3v) is 3.74. The van der Waals surface area contributed by atoms with Crippen molar-refractivity contribution in [3.8, 4) is 0 Å². The summed E-state index contributed by atoms with van der Waals surface area (Å²) in [5.74, 6) is -1.14. The Labute approximate surface area is 132 Å². The first kappa shape index (κ1) is 15.0. The summed E-state index contributed by atoms with van der Waals surface area (Å²) in [7, 11) is 0. The zero-order valence-electron chi connectivity index (χ0n) is 10.2. The lowest BCUT2D eigenvalue weighted by Gasteiger charge is -2.18. The molecular formula is C14H11Br2FN2O. The van der Waals surface area contributed by atoms with Gasteiger partial charge in [-0.15, -0.1) is 0 Å². The number of carbonyl (C=O) groups excluding carboxylic acids is 1. The van der Waals surface area contributed by atoms with Crippen LogP contribution in [-0.2, 0) is 4.79 Å². The summed E-state index contributed by atoms with van der Waals surface area (Å²) in [5, 5.41) is 2.93.